The van der Waals surface area contributed by atoms with Gasteiger partial charge in [0.2, 0.25) is 0 Å². The van der Waals surface area contributed by atoms with E-state index in [9.17, 15) is 39.6 Å². The van der Waals surface area contributed by atoms with Crippen LogP contribution >= 0.6 is 0 Å². The fraction of sp³-hybridized carbons (Fsp3) is 0.389. The van der Waals surface area contributed by atoms with Gasteiger partial charge in [0.05, 0.1) is 130 Å². The number of allylic oxidation sites excluding steroid dienone is 2. The van der Waals surface area contributed by atoms with E-state index < -0.39 is 16.3 Å². The molecule has 0 saturated carbocycles. The van der Waals surface area contributed by atoms with Crippen LogP contribution in [0.5, 0.6) is 57.5 Å². The summed E-state index contributed by atoms with van der Waals surface area (Å²) in [4.78, 5) is 54.8. The molecular formula is C72H78N2O20. The van der Waals surface area contributed by atoms with Crippen molar-refractivity contribution in [1.29, 1.82) is 0 Å². The second-order valence-corrected chi connectivity index (χ2v) is 23.4. The fourth-order valence-electron chi connectivity index (χ4n) is 14.2. The lowest BCUT2D eigenvalue weighted by Crippen LogP contribution is -2.22. The minimum Gasteiger partial charge on any atom is -0.507 e. The molecule has 0 aromatic heterocycles. The largest absolute Gasteiger partial charge is 0.507 e. The first-order valence-electron chi connectivity index (χ1n) is 31.3. The molecule has 2 aliphatic carbocycles. The van der Waals surface area contributed by atoms with Gasteiger partial charge in [-0.1, -0.05) is 23.3 Å². The summed E-state index contributed by atoms with van der Waals surface area (Å²) in [7, 11) is 8.77. The molecular weight excluding hydrogens is 1210 g/mol. The highest BCUT2D eigenvalue weighted by atomic mass is 16.5. The van der Waals surface area contributed by atoms with Crippen LogP contribution in [0.15, 0.2) is 54.6 Å². The van der Waals surface area contributed by atoms with Gasteiger partial charge in [-0.2, -0.15) is 0 Å². The third kappa shape index (κ3) is 11.5. The van der Waals surface area contributed by atoms with Gasteiger partial charge >= 0.3 is 0 Å². The smallest absolute Gasteiger partial charge is 0.194 e. The summed E-state index contributed by atoms with van der Waals surface area (Å²) in [5, 5.41) is 78.4. The van der Waals surface area contributed by atoms with Crippen molar-refractivity contribution in [3.05, 3.63) is 110 Å². The van der Waals surface area contributed by atoms with E-state index in [4.69, 9.17) is 57.6 Å². The lowest BCUT2D eigenvalue weighted by atomic mass is 9.82. The van der Waals surface area contributed by atoms with Gasteiger partial charge in [-0.25, -0.2) is 0 Å². The quantitative estimate of drug-likeness (QED) is 0.0122. The zero-order chi connectivity index (χ0) is 66.8. The second kappa shape index (κ2) is 28.4. The number of rotatable bonds is 30. The topological polar surface area (TPSA) is 306 Å². The molecule has 0 atom stereocenters. The number of fused-ring (bicyclic) bond motifs is 2. The summed E-state index contributed by atoms with van der Waals surface area (Å²) in [5.74, 6) is 0.764. The Labute approximate surface area is 539 Å². The lowest BCUT2D eigenvalue weighted by Gasteiger charge is -2.24. The molecule has 2 aliphatic rings. The molecule has 0 radical (unpaired) electrons. The van der Waals surface area contributed by atoms with Crippen molar-refractivity contribution >= 4 is 98.3 Å². The predicted octanol–water partition coefficient (Wildman–Crippen LogP) is 7.68. The van der Waals surface area contributed by atoms with Crippen molar-refractivity contribution in [3.8, 4) is 57.5 Å². The summed E-state index contributed by atoms with van der Waals surface area (Å²) in [6.45, 7) is 9.73. The van der Waals surface area contributed by atoms with Gasteiger partial charge < -0.3 is 88.6 Å². The molecule has 0 aliphatic heterocycles. The van der Waals surface area contributed by atoms with E-state index in [1.807, 2.05) is 26.0 Å². The number of ether oxygens (including phenoxy) is 10. The van der Waals surface area contributed by atoms with Crippen LogP contribution in [0.2, 0.25) is 0 Å². The van der Waals surface area contributed by atoms with Crippen LogP contribution in [0.25, 0.3) is 98.3 Å². The zero-order valence-electron chi connectivity index (χ0n) is 54.0. The Bertz CT molecular complexity index is 4860. The Morgan fingerprint density at radius 1 is 0.362 bits per heavy atom. The van der Waals surface area contributed by atoms with Crippen LogP contribution in [0.3, 0.4) is 0 Å². The Kier molecular flexibility index (Phi) is 20.1. The molecule has 0 saturated heterocycles. The number of benzene rings is 10. The molecule has 0 unspecified atom stereocenters. The molecule has 496 valence electrons. The van der Waals surface area contributed by atoms with Gasteiger partial charge in [0.25, 0.3) is 0 Å². The molecule has 0 amide bonds. The van der Waals surface area contributed by atoms with E-state index in [-0.39, 0.29) is 111 Å². The maximum absolute atomic E-state index is 13.8. The molecule has 12 rings (SSSR count). The summed E-state index contributed by atoms with van der Waals surface area (Å²) in [6.07, 6.45) is 7.08. The minimum atomic E-state index is -0.434. The van der Waals surface area contributed by atoms with Crippen LogP contribution in [0.4, 0.5) is 0 Å². The molecule has 22 nitrogen and oxygen atoms in total. The molecule has 94 heavy (non-hydrogen) atoms. The maximum atomic E-state index is 13.8. The Morgan fingerprint density at radius 2 is 0.713 bits per heavy atom. The van der Waals surface area contributed by atoms with Crippen molar-refractivity contribution in [2.24, 2.45) is 0 Å². The molecule has 10 aromatic carbocycles. The summed E-state index contributed by atoms with van der Waals surface area (Å²) in [5.41, 5.74) is 4.40. The van der Waals surface area contributed by atoms with Gasteiger partial charge in [0, 0.05) is 103 Å². The van der Waals surface area contributed by atoms with Crippen LogP contribution in [0.1, 0.15) is 60.1 Å². The summed E-state index contributed by atoms with van der Waals surface area (Å²) < 4.78 is 56.0. The predicted molar refractivity (Wildman–Crippen MR) is 363 cm³/mol. The average molecular weight is 1290 g/mol. The molecule has 0 bridgehead atoms. The van der Waals surface area contributed by atoms with E-state index in [0.29, 0.717) is 186 Å². The van der Waals surface area contributed by atoms with E-state index in [1.165, 1.54) is 66.9 Å². The van der Waals surface area contributed by atoms with Crippen molar-refractivity contribution in [1.82, 2.24) is 10.6 Å². The van der Waals surface area contributed by atoms with E-state index >= 15 is 0 Å². The molecule has 0 spiro atoms. The number of aliphatic hydroxyl groups is 2. The lowest BCUT2D eigenvalue weighted by molar-refractivity contribution is 0.0340. The maximum Gasteiger partial charge on any atom is 0.194 e. The van der Waals surface area contributed by atoms with Crippen molar-refractivity contribution in [2.75, 3.05) is 135 Å². The number of aliphatic hydroxyl groups excluding tert-OH is 2. The molecule has 10 aromatic rings. The van der Waals surface area contributed by atoms with E-state index in [0.717, 1.165) is 27.7 Å². The highest BCUT2D eigenvalue weighted by Gasteiger charge is 2.35. The first kappa shape index (κ1) is 66.6. The number of hydrogen-bond donors (Lipinski definition) is 8. The number of nitrogens with one attached hydrogen (secondary N) is 2. The number of methoxy groups -OCH3 is 6. The number of aromatic hydroxyl groups is 4. The van der Waals surface area contributed by atoms with Crippen molar-refractivity contribution < 1.29 is 78.0 Å². The van der Waals surface area contributed by atoms with Gasteiger partial charge in [-0.3, -0.25) is 19.2 Å². The third-order valence-corrected chi connectivity index (χ3v) is 17.9. The summed E-state index contributed by atoms with van der Waals surface area (Å²) >= 11 is 0. The average Bonchev–Trinajstić information content (AvgIpc) is 1.04. The molecule has 22 heteroatoms. The van der Waals surface area contributed by atoms with Crippen molar-refractivity contribution in [3.63, 3.8) is 0 Å². The summed E-state index contributed by atoms with van der Waals surface area (Å²) in [6, 6.07) is 5.35. The SMILES string of the molecule is COc1c(O)c2c(=O)cc(OC)c3c4c(OC)cc(=O)c5c(O)c(CCCNCCOCCOCCO)c6c(c(c1C=C(C)C6)c23)c54.COc1c(O)c2c(=O)cc(OC)c3c4c(OC)cc(=O)c5c(O)c(CCCNCCOCCOCCO)c6c(c(c1CC(C)=C6)c23)c54. The Hall–Kier alpha value is -8.84. The van der Waals surface area contributed by atoms with Gasteiger partial charge in [-0.05, 0) is 98.3 Å². The Morgan fingerprint density at radius 3 is 1.14 bits per heavy atom. The minimum absolute atomic E-state index is 0.0173. The first-order valence-corrected chi connectivity index (χ1v) is 31.3. The van der Waals surface area contributed by atoms with E-state index in [2.05, 4.69) is 10.6 Å². The zero-order valence-corrected chi connectivity index (χ0v) is 54.0. The van der Waals surface area contributed by atoms with E-state index in [1.54, 1.807) is 0 Å². The standard InChI is InChI=1S/2C36H39NO10/c2*1-18-14-20-19(6-5-7-37-8-10-46-12-13-47-11-9-38)34(41)28-22(39)16-24(43-2)30-31-25(44-3)17-23(40)29-33(31)27(26(20)32(28)30)21(15-18)36(45-4)35(29)42/h15-17,37-38,41-42H,5-14H2,1-4H3;14,16-17,37-38,41-42H,5-13,15H2,1-4H3. The van der Waals surface area contributed by atoms with Gasteiger partial charge in [-0.15, -0.1) is 0 Å². The van der Waals surface area contributed by atoms with Crippen LogP contribution in [-0.4, -0.2) is 166 Å². The van der Waals surface area contributed by atoms with Gasteiger partial charge in [0.15, 0.2) is 44.7 Å². The molecule has 0 heterocycles. The molecule has 0 fully saturated rings. The van der Waals surface area contributed by atoms with Gasteiger partial charge in [0.1, 0.15) is 34.5 Å². The monoisotopic (exact) mass is 1290 g/mol. The normalized spacial score (nSPS) is 12.9. The van der Waals surface area contributed by atoms with Crippen LogP contribution < -0.4 is 60.8 Å². The fourth-order valence-corrected chi connectivity index (χ4v) is 14.2. The first-order chi connectivity index (χ1) is 45.6. The number of hydrogen-bond acceptors (Lipinski definition) is 22. The molecule has 8 N–H and O–H groups in total. The number of phenolic OH excluding ortho intramolecular Hbond substituents is 4. The second-order valence-electron chi connectivity index (χ2n) is 23.4. The van der Waals surface area contributed by atoms with Crippen LogP contribution in [-0.2, 0) is 44.6 Å². The number of phenols is 4. The van der Waals surface area contributed by atoms with Crippen molar-refractivity contribution in [2.45, 2.75) is 52.4 Å². The third-order valence-electron chi connectivity index (χ3n) is 17.9. The van der Waals surface area contributed by atoms with Crippen LogP contribution in [0, 0.1) is 0 Å². The highest BCUT2D eigenvalue weighted by Crippen LogP contribution is 2.58. The highest BCUT2D eigenvalue weighted by molar-refractivity contribution is 6.40. The Balaban J connectivity index is 0.000000192.